The van der Waals surface area contributed by atoms with Gasteiger partial charge in [-0.05, 0) is 12.5 Å². The molecule has 2 N–H and O–H groups in total. The Morgan fingerprint density at radius 3 is 1.80 bits per heavy atom. The van der Waals surface area contributed by atoms with Crippen molar-refractivity contribution in [2.24, 2.45) is 5.92 Å². The van der Waals surface area contributed by atoms with E-state index in [0.29, 0.717) is 5.57 Å². The Morgan fingerprint density at radius 1 is 1.30 bits per heavy atom. The van der Waals surface area contributed by atoms with Crippen molar-refractivity contribution in [1.29, 1.82) is 0 Å². The summed E-state index contributed by atoms with van der Waals surface area (Å²) in [5.74, 6) is -0.175. The lowest BCUT2D eigenvalue weighted by Crippen LogP contribution is -2.15. The lowest BCUT2D eigenvalue weighted by molar-refractivity contribution is 0.150. The van der Waals surface area contributed by atoms with E-state index in [2.05, 4.69) is 13.2 Å². The molecule has 0 aliphatic carbocycles. The highest BCUT2D eigenvalue weighted by atomic mass is 16.3. The Balaban J connectivity index is 4.08. The van der Waals surface area contributed by atoms with Crippen LogP contribution in [0.15, 0.2) is 24.5 Å². The van der Waals surface area contributed by atoms with Crippen molar-refractivity contribution < 1.29 is 10.2 Å². The second-order valence-corrected chi connectivity index (χ2v) is 2.50. The van der Waals surface area contributed by atoms with Gasteiger partial charge >= 0.3 is 0 Å². The number of allylic oxidation sites excluding steroid dienone is 1. The quantitative estimate of drug-likeness (QED) is 0.464. The van der Waals surface area contributed by atoms with Crippen molar-refractivity contribution in [2.45, 2.75) is 20.0 Å². The zero-order valence-corrected chi connectivity index (χ0v) is 6.46. The summed E-state index contributed by atoms with van der Waals surface area (Å²) in [5, 5.41) is 17.9. The molecule has 58 valence electrons. The van der Waals surface area contributed by atoms with E-state index >= 15 is 0 Å². The maximum absolute atomic E-state index is 9.03. The molecule has 2 nitrogen and oxygen atoms in total. The summed E-state index contributed by atoms with van der Waals surface area (Å²) in [6.45, 7) is 10.3. The van der Waals surface area contributed by atoms with Crippen molar-refractivity contribution in [2.75, 3.05) is 0 Å². The topological polar surface area (TPSA) is 40.5 Å². The van der Waals surface area contributed by atoms with Gasteiger partial charge in [-0.3, -0.25) is 0 Å². The molecular formula is C8H14O2. The molecule has 0 rings (SSSR count). The summed E-state index contributed by atoms with van der Waals surface area (Å²) >= 11 is 0. The summed E-state index contributed by atoms with van der Waals surface area (Å²) in [7, 11) is 0. The van der Waals surface area contributed by atoms with Crippen LogP contribution < -0.4 is 0 Å². The highest BCUT2D eigenvalue weighted by Gasteiger charge is 2.13. The molecule has 0 heterocycles. The number of aliphatic hydroxyl groups is 2. The Hall–Kier alpha value is -0.760. The molecule has 0 bridgehead atoms. The lowest BCUT2D eigenvalue weighted by Gasteiger charge is -2.15. The van der Waals surface area contributed by atoms with Crippen molar-refractivity contribution in [3.05, 3.63) is 24.5 Å². The molecular weight excluding hydrogens is 128 g/mol. The lowest BCUT2D eigenvalue weighted by atomic mass is 9.97. The van der Waals surface area contributed by atoms with E-state index < -0.39 is 6.10 Å². The highest BCUT2D eigenvalue weighted by molar-refractivity contribution is 5.21. The first-order chi connectivity index (χ1) is 4.46. The van der Waals surface area contributed by atoms with E-state index in [-0.39, 0.29) is 11.7 Å². The van der Waals surface area contributed by atoms with Crippen LogP contribution in [0.4, 0.5) is 0 Å². The van der Waals surface area contributed by atoms with Gasteiger partial charge in [0.15, 0.2) is 0 Å². The summed E-state index contributed by atoms with van der Waals surface area (Å²) in [6.07, 6.45) is -0.489. The minimum atomic E-state index is -0.489. The van der Waals surface area contributed by atoms with Gasteiger partial charge in [0.1, 0.15) is 5.76 Å². The Bertz CT molecular complexity index is 147. The molecule has 0 saturated heterocycles. The zero-order chi connectivity index (χ0) is 8.31. The van der Waals surface area contributed by atoms with Crippen LogP contribution in [0.3, 0.4) is 0 Å². The number of rotatable bonds is 3. The predicted molar refractivity (Wildman–Crippen MR) is 41.8 cm³/mol. The average molecular weight is 142 g/mol. The third kappa shape index (κ3) is 2.23. The first kappa shape index (κ1) is 9.24. The van der Waals surface area contributed by atoms with Crippen molar-refractivity contribution in [3.63, 3.8) is 0 Å². The molecule has 0 amide bonds. The molecule has 0 radical (unpaired) electrons. The largest absolute Gasteiger partial charge is 0.508 e. The maximum Gasteiger partial charge on any atom is 0.111 e. The molecule has 0 aliphatic heterocycles. The molecule has 0 saturated carbocycles. The van der Waals surface area contributed by atoms with E-state index in [1.807, 2.05) is 0 Å². The molecule has 2 heteroatoms. The molecule has 2 atom stereocenters. The Kier molecular flexibility index (Phi) is 3.16. The molecule has 2 unspecified atom stereocenters. The molecule has 0 aromatic carbocycles. The summed E-state index contributed by atoms with van der Waals surface area (Å²) < 4.78 is 0. The van der Waals surface area contributed by atoms with E-state index in [4.69, 9.17) is 10.2 Å². The minimum absolute atomic E-state index is 0.0478. The molecule has 0 aliphatic rings. The van der Waals surface area contributed by atoms with Crippen LogP contribution in [-0.2, 0) is 0 Å². The third-order valence-corrected chi connectivity index (χ3v) is 1.64. The standard InChI is InChI=1S/C8H14O2/c1-5(7(3)9)6(2)8(4)10/h6,8-10H,1,3H2,2,4H3. The monoisotopic (exact) mass is 142 g/mol. The van der Waals surface area contributed by atoms with Gasteiger partial charge in [-0.1, -0.05) is 20.1 Å². The number of hydrogen-bond donors (Lipinski definition) is 2. The van der Waals surface area contributed by atoms with Gasteiger partial charge < -0.3 is 10.2 Å². The van der Waals surface area contributed by atoms with Crippen LogP contribution in [0.1, 0.15) is 13.8 Å². The van der Waals surface area contributed by atoms with E-state index in [1.165, 1.54) is 0 Å². The minimum Gasteiger partial charge on any atom is -0.508 e. The fraction of sp³-hybridized carbons (Fsp3) is 0.500. The molecule has 0 aromatic rings. The van der Waals surface area contributed by atoms with Crippen LogP contribution in [0.2, 0.25) is 0 Å². The highest BCUT2D eigenvalue weighted by Crippen LogP contribution is 2.17. The smallest absolute Gasteiger partial charge is 0.111 e. The summed E-state index contributed by atoms with van der Waals surface area (Å²) in [4.78, 5) is 0. The summed E-state index contributed by atoms with van der Waals surface area (Å²) in [5.41, 5.74) is 0.495. The van der Waals surface area contributed by atoms with E-state index in [9.17, 15) is 0 Å². The normalized spacial score (nSPS) is 15.9. The van der Waals surface area contributed by atoms with Crippen LogP contribution in [0.25, 0.3) is 0 Å². The fourth-order valence-corrected chi connectivity index (χ4v) is 0.554. The van der Waals surface area contributed by atoms with Crippen LogP contribution in [0, 0.1) is 5.92 Å². The molecule has 0 spiro atoms. The second-order valence-electron chi connectivity index (χ2n) is 2.50. The van der Waals surface area contributed by atoms with Crippen molar-refractivity contribution in [3.8, 4) is 0 Å². The fourth-order valence-electron chi connectivity index (χ4n) is 0.554. The Labute approximate surface area is 61.5 Å². The van der Waals surface area contributed by atoms with Gasteiger partial charge in [-0.15, -0.1) is 0 Å². The third-order valence-electron chi connectivity index (χ3n) is 1.64. The van der Waals surface area contributed by atoms with Crippen LogP contribution in [0.5, 0.6) is 0 Å². The second kappa shape index (κ2) is 3.42. The van der Waals surface area contributed by atoms with Gasteiger partial charge in [0.05, 0.1) is 6.10 Å². The van der Waals surface area contributed by atoms with Crippen molar-refractivity contribution >= 4 is 0 Å². The van der Waals surface area contributed by atoms with Gasteiger partial charge in [0, 0.05) is 5.92 Å². The number of aliphatic hydroxyl groups excluding tert-OH is 2. The predicted octanol–water partition coefficient (Wildman–Crippen LogP) is 1.63. The first-order valence-electron chi connectivity index (χ1n) is 3.22. The Morgan fingerprint density at radius 2 is 1.70 bits per heavy atom. The average Bonchev–Trinajstić information content (AvgIpc) is 1.84. The zero-order valence-electron chi connectivity index (χ0n) is 6.46. The molecule has 0 fully saturated rings. The first-order valence-corrected chi connectivity index (χ1v) is 3.22. The van der Waals surface area contributed by atoms with Gasteiger partial charge in [0.25, 0.3) is 0 Å². The molecule has 0 aromatic heterocycles. The van der Waals surface area contributed by atoms with E-state index in [1.54, 1.807) is 13.8 Å². The van der Waals surface area contributed by atoms with E-state index in [0.717, 1.165) is 0 Å². The maximum atomic E-state index is 9.03. The molecule has 10 heavy (non-hydrogen) atoms. The van der Waals surface area contributed by atoms with Gasteiger partial charge in [-0.25, -0.2) is 0 Å². The SMILES string of the molecule is C=C(O)C(=C)C(C)C(C)O. The van der Waals surface area contributed by atoms with Gasteiger partial charge in [0.2, 0.25) is 0 Å². The summed E-state index contributed by atoms with van der Waals surface area (Å²) in [6, 6.07) is 0. The van der Waals surface area contributed by atoms with Crippen LogP contribution in [-0.4, -0.2) is 16.3 Å². The number of hydrogen-bond acceptors (Lipinski definition) is 2. The van der Waals surface area contributed by atoms with Gasteiger partial charge in [-0.2, -0.15) is 0 Å². The van der Waals surface area contributed by atoms with Crippen LogP contribution >= 0.6 is 0 Å². The van der Waals surface area contributed by atoms with Crippen molar-refractivity contribution in [1.82, 2.24) is 0 Å².